The molecule has 0 N–H and O–H groups in total. The summed E-state index contributed by atoms with van der Waals surface area (Å²) in [6, 6.07) is 7.11. The summed E-state index contributed by atoms with van der Waals surface area (Å²) in [5.41, 5.74) is 1.01. The van der Waals surface area contributed by atoms with Crippen molar-refractivity contribution >= 4 is 11.9 Å². The first kappa shape index (κ1) is 17.7. The van der Waals surface area contributed by atoms with Gasteiger partial charge in [-0.2, -0.15) is 0 Å². The number of para-hydroxylation sites is 1. The molecule has 136 valence electrons. The van der Waals surface area contributed by atoms with Crippen molar-refractivity contribution in [2.24, 2.45) is 11.8 Å². The smallest absolute Gasteiger partial charge is 0.324 e. The highest BCUT2D eigenvalue weighted by Crippen LogP contribution is 2.51. The number of likely N-dealkylation sites (tertiary alicyclic amines) is 1. The molecule has 6 heteroatoms. The summed E-state index contributed by atoms with van der Waals surface area (Å²) in [6.07, 6.45) is 0. The standard InChI is InChI=1S/C19H25NO5/c1-5-24-19(22)17-15(18(21)23-4)13-10-25-14-9-7-6-8-12(14)16(13)20(17)11(2)3/h6-9,11,13,15-17H,5,10H2,1-4H3/t13-,15-,16+,17-/m1/s1. The van der Waals surface area contributed by atoms with E-state index in [1.54, 1.807) is 6.92 Å². The van der Waals surface area contributed by atoms with Crippen LogP contribution in [0.15, 0.2) is 24.3 Å². The van der Waals surface area contributed by atoms with Crippen LogP contribution in [0.5, 0.6) is 5.75 Å². The first-order valence-corrected chi connectivity index (χ1v) is 8.74. The maximum atomic E-state index is 12.7. The maximum Gasteiger partial charge on any atom is 0.324 e. The van der Waals surface area contributed by atoms with Crippen LogP contribution in [0.1, 0.15) is 32.4 Å². The van der Waals surface area contributed by atoms with Crippen LogP contribution >= 0.6 is 0 Å². The topological polar surface area (TPSA) is 65.1 Å². The fraction of sp³-hybridized carbons (Fsp3) is 0.579. The van der Waals surface area contributed by atoms with E-state index in [0.29, 0.717) is 6.61 Å². The van der Waals surface area contributed by atoms with Crippen LogP contribution in [0, 0.1) is 11.8 Å². The molecule has 4 atom stereocenters. The molecule has 0 aliphatic carbocycles. The molecule has 2 aliphatic heterocycles. The van der Waals surface area contributed by atoms with Gasteiger partial charge in [0.2, 0.25) is 0 Å². The number of fused-ring (bicyclic) bond motifs is 3. The molecule has 0 radical (unpaired) electrons. The molecular formula is C19H25NO5. The molecule has 0 aromatic heterocycles. The summed E-state index contributed by atoms with van der Waals surface area (Å²) in [6.45, 7) is 6.48. The molecule has 0 saturated carbocycles. The molecule has 0 spiro atoms. The van der Waals surface area contributed by atoms with Crippen molar-refractivity contribution in [3.8, 4) is 5.75 Å². The Bertz CT molecular complexity index is 659. The Morgan fingerprint density at radius 2 is 2.00 bits per heavy atom. The van der Waals surface area contributed by atoms with E-state index in [4.69, 9.17) is 14.2 Å². The summed E-state index contributed by atoms with van der Waals surface area (Å²) in [5, 5.41) is 0. The van der Waals surface area contributed by atoms with Gasteiger partial charge in [-0.05, 0) is 26.8 Å². The molecule has 2 heterocycles. The molecule has 0 amide bonds. The predicted molar refractivity (Wildman–Crippen MR) is 91.1 cm³/mol. The quantitative estimate of drug-likeness (QED) is 0.778. The average molecular weight is 347 g/mol. The third-order valence-electron chi connectivity index (χ3n) is 5.12. The first-order chi connectivity index (χ1) is 12.0. The summed E-state index contributed by atoms with van der Waals surface area (Å²) in [7, 11) is 1.36. The SMILES string of the molecule is CCOC(=O)[C@H]1[C@H](C(=O)OC)[C@H]2COc3ccccc3[C@@H]2N1C(C)C. The van der Waals surface area contributed by atoms with E-state index in [-0.39, 0.29) is 36.5 Å². The summed E-state index contributed by atoms with van der Waals surface area (Å²) < 4.78 is 16.2. The summed E-state index contributed by atoms with van der Waals surface area (Å²) in [4.78, 5) is 27.4. The molecule has 1 fully saturated rings. The summed E-state index contributed by atoms with van der Waals surface area (Å²) in [5.74, 6) is -0.718. The number of carbonyl (C=O) groups is 2. The van der Waals surface area contributed by atoms with Crippen molar-refractivity contribution in [2.45, 2.75) is 38.9 Å². The first-order valence-electron chi connectivity index (χ1n) is 8.74. The number of ether oxygens (including phenoxy) is 3. The zero-order valence-corrected chi connectivity index (χ0v) is 15.1. The Balaban J connectivity index is 2.11. The van der Waals surface area contributed by atoms with Crippen LogP contribution in [0.4, 0.5) is 0 Å². The van der Waals surface area contributed by atoms with Gasteiger partial charge in [-0.25, -0.2) is 0 Å². The fourth-order valence-corrected chi connectivity index (χ4v) is 4.22. The number of carbonyl (C=O) groups excluding carboxylic acids is 2. The van der Waals surface area contributed by atoms with Crippen molar-refractivity contribution in [2.75, 3.05) is 20.3 Å². The molecule has 1 saturated heterocycles. The fourth-order valence-electron chi connectivity index (χ4n) is 4.22. The van der Waals surface area contributed by atoms with Crippen molar-refractivity contribution < 1.29 is 23.8 Å². The van der Waals surface area contributed by atoms with E-state index in [9.17, 15) is 9.59 Å². The van der Waals surface area contributed by atoms with Gasteiger partial charge in [0, 0.05) is 23.6 Å². The van der Waals surface area contributed by atoms with Crippen molar-refractivity contribution in [1.82, 2.24) is 4.90 Å². The van der Waals surface area contributed by atoms with E-state index in [1.165, 1.54) is 7.11 Å². The highest BCUT2D eigenvalue weighted by atomic mass is 16.5. The monoisotopic (exact) mass is 347 g/mol. The molecule has 25 heavy (non-hydrogen) atoms. The van der Waals surface area contributed by atoms with Crippen LogP contribution < -0.4 is 4.74 Å². The number of benzene rings is 1. The second-order valence-corrected chi connectivity index (χ2v) is 6.74. The Morgan fingerprint density at radius 1 is 1.28 bits per heavy atom. The number of methoxy groups -OCH3 is 1. The van der Waals surface area contributed by atoms with Gasteiger partial charge in [-0.15, -0.1) is 0 Å². The number of esters is 2. The molecule has 3 rings (SSSR count). The van der Waals surface area contributed by atoms with Gasteiger partial charge >= 0.3 is 11.9 Å². The number of hydrogen-bond donors (Lipinski definition) is 0. The van der Waals surface area contributed by atoms with E-state index < -0.39 is 12.0 Å². The molecular weight excluding hydrogens is 322 g/mol. The van der Waals surface area contributed by atoms with Crippen molar-refractivity contribution in [3.05, 3.63) is 29.8 Å². The lowest BCUT2D eigenvalue weighted by atomic mass is 9.83. The lowest BCUT2D eigenvalue weighted by Crippen LogP contribution is -2.47. The van der Waals surface area contributed by atoms with Crippen LogP contribution in [0.3, 0.4) is 0 Å². The van der Waals surface area contributed by atoms with Crippen LogP contribution in [-0.4, -0.2) is 49.2 Å². The lowest BCUT2D eigenvalue weighted by Gasteiger charge is -2.37. The van der Waals surface area contributed by atoms with E-state index >= 15 is 0 Å². The van der Waals surface area contributed by atoms with Gasteiger partial charge in [0.25, 0.3) is 0 Å². The Labute approximate surface area is 148 Å². The van der Waals surface area contributed by atoms with Crippen LogP contribution in [0.25, 0.3) is 0 Å². The van der Waals surface area contributed by atoms with Gasteiger partial charge in [-0.3, -0.25) is 14.5 Å². The minimum atomic E-state index is -0.669. The molecule has 0 unspecified atom stereocenters. The molecule has 1 aromatic carbocycles. The largest absolute Gasteiger partial charge is 0.493 e. The second-order valence-electron chi connectivity index (χ2n) is 6.74. The van der Waals surface area contributed by atoms with Crippen LogP contribution in [-0.2, 0) is 19.1 Å². The van der Waals surface area contributed by atoms with Gasteiger partial charge < -0.3 is 14.2 Å². The second kappa shape index (κ2) is 7.04. The van der Waals surface area contributed by atoms with Crippen LogP contribution in [0.2, 0.25) is 0 Å². The minimum Gasteiger partial charge on any atom is -0.493 e. The van der Waals surface area contributed by atoms with Gasteiger partial charge in [0.1, 0.15) is 11.8 Å². The number of hydrogen-bond acceptors (Lipinski definition) is 6. The van der Waals surface area contributed by atoms with Crippen molar-refractivity contribution in [3.63, 3.8) is 0 Å². The normalized spacial score (nSPS) is 28.0. The predicted octanol–water partition coefficient (Wildman–Crippen LogP) is 2.18. The lowest BCUT2D eigenvalue weighted by molar-refractivity contribution is -0.159. The third-order valence-corrected chi connectivity index (χ3v) is 5.12. The summed E-state index contributed by atoms with van der Waals surface area (Å²) >= 11 is 0. The molecule has 0 bridgehead atoms. The van der Waals surface area contributed by atoms with E-state index in [1.807, 2.05) is 38.1 Å². The molecule has 1 aromatic rings. The highest BCUT2D eigenvalue weighted by molar-refractivity contribution is 5.86. The number of rotatable bonds is 4. The van der Waals surface area contributed by atoms with Crippen molar-refractivity contribution in [1.29, 1.82) is 0 Å². The Hall–Kier alpha value is -2.08. The Kier molecular flexibility index (Phi) is 4.99. The van der Waals surface area contributed by atoms with Gasteiger partial charge in [0.05, 0.1) is 26.2 Å². The highest BCUT2D eigenvalue weighted by Gasteiger charge is 2.59. The zero-order valence-electron chi connectivity index (χ0n) is 15.1. The maximum absolute atomic E-state index is 12.7. The van der Waals surface area contributed by atoms with E-state index in [0.717, 1.165) is 11.3 Å². The van der Waals surface area contributed by atoms with E-state index in [2.05, 4.69) is 4.90 Å². The Morgan fingerprint density at radius 3 is 2.64 bits per heavy atom. The average Bonchev–Trinajstić information content (AvgIpc) is 2.97. The third kappa shape index (κ3) is 2.88. The molecule has 2 aliphatic rings. The number of nitrogens with zero attached hydrogens (tertiary/aromatic N) is 1. The van der Waals surface area contributed by atoms with Gasteiger partial charge in [0.15, 0.2) is 0 Å². The molecule has 6 nitrogen and oxygen atoms in total. The minimum absolute atomic E-state index is 0.0581. The zero-order chi connectivity index (χ0) is 18.1. The van der Waals surface area contributed by atoms with Gasteiger partial charge in [-0.1, -0.05) is 18.2 Å².